The largest absolute Gasteiger partial charge is 0.351 e. The summed E-state index contributed by atoms with van der Waals surface area (Å²) in [5.74, 6) is -0.402. The van der Waals surface area contributed by atoms with E-state index in [0.29, 0.717) is 13.1 Å². The van der Waals surface area contributed by atoms with Crippen molar-refractivity contribution in [3.05, 3.63) is 65.2 Å². The molecule has 4 heteroatoms. The number of carbonyl (C=O) groups is 2. The van der Waals surface area contributed by atoms with E-state index in [0.717, 1.165) is 23.2 Å². The van der Waals surface area contributed by atoms with Crippen LogP contribution in [0.3, 0.4) is 0 Å². The van der Waals surface area contributed by atoms with Crippen LogP contribution in [0.1, 0.15) is 30.5 Å². The molecule has 3 rings (SSSR count). The Morgan fingerprint density at radius 3 is 2.48 bits per heavy atom. The molecule has 1 aliphatic rings. The number of carbonyl (C=O) groups excluding carboxylic acids is 2. The Morgan fingerprint density at radius 2 is 1.76 bits per heavy atom. The van der Waals surface area contributed by atoms with Gasteiger partial charge in [-0.05, 0) is 44.4 Å². The van der Waals surface area contributed by atoms with Gasteiger partial charge in [0.05, 0.1) is 0 Å². The number of aryl methyl sites for hydroxylation is 1. The van der Waals surface area contributed by atoms with Crippen LogP contribution in [-0.2, 0) is 22.6 Å². The fraction of sp³-hybridized carbons (Fsp3) is 0.333. The first kappa shape index (κ1) is 17.2. The van der Waals surface area contributed by atoms with Crippen molar-refractivity contribution in [3.8, 4) is 0 Å². The zero-order valence-corrected chi connectivity index (χ0v) is 15.0. The highest BCUT2D eigenvalue weighted by Crippen LogP contribution is 2.31. The van der Waals surface area contributed by atoms with Crippen molar-refractivity contribution >= 4 is 17.5 Å². The molecule has 0 radical (unpaired) electrons. The minimum absolute atomic E-state index is 0.154. The zero-order valence-electron chi connectivity index (χ0n) is 15.0. The molecule has 25 heavy (non-hydrogen) atoms. The summed E-state index contributed by atoms with van der Waals surface area (Å²) >= 11 is 0. The zero-order chi connectivity index (χ0) is 18.0. The summed E-state index contributed by atoms with van der Waals surface area (Å²) in [7, 11) is 0. The van der Waals surface area contributed by atoms with Gasteiger partial charge >= 0.3 is 0 Å². The summed E-state index contributed by atoms with van der Waals surface area (Å²) in [6.45, 7) is 6.47. The number of para-hydroxylation sites is 1. The standard InChI is InChI=1S/C21H24N2O2/c1-15-8-10-16(11-9-15)14-22-19(24)21(2,3)20(25)23-13-12-17-6-4-5-7-18(17)23/h4-11H,12-14H2,1-3H3,(H,22,24). The molecule has 0 saturated carbocycles. The van der Waals surface area contributed by atoms with Crippen molar-refractivity contribution in [2.24, 2.45) is 5.41 Å². The third kappa shape index (κ3) is 3.43. The van der Waals surface area contributed by atoms with E-state index in [2.05, 4.69) is 5.32 Å². The molecule has 0 atom stereocenters. The fourth-order valence-electron chi connectivity index (χ4n) is 3.09. The second kappa shape index (κ2) is 6.71. The Balaban J connectivity index is 1.69. The first-order chi connectivity index (χ1) is 11.9. The fourth-order valence-corrected chi connectivity index (χ4v) is 3.09. The van der Waals surface area contributed by atoms with E-state index in [1.807, 2.05) is 55.5 Å². The Kier molecular flexibility index (Phi) is 4.62. The van der Waals surface area contributed by atoms with Crippen LogP contribution in [0.5, 0.6) is 0 Å². The minimum Gasteiger partial charge on any atom is -0.351 e. The maximum Gasteiger partial charge on any atom is 0.242 e. The van der Waals surface area contributed by atoms with Crippen molar-refractivity contribution in [1.82, 2.24) is 5.32 Å². The summed E-state index contributed by atoms with van der Waals surface area (Å²) in [4.78, 5) is 27.4. The van der Waals surface area contributed by atoms with Gasteiger partial charge < -0.3 is 10.2 Å². The molecule has 2 aromatic carbocycles. The molecule has 2 amide bonds. The normalized spacial score (nSPS) is 13.5. The van der Waals surface area contributed by atoms with Gasteiger partial charge in [-0.15, -0.1) is 0 Å². The number of nitrogens with zero attached hydrogens (tertiary/aromatic N) is 1. The highest BCUT2D eigenvalue weighted by Gasteiger charge is 2.41. The molecule has 0 fully saturated rings. The van der Waals surface area contributed by atoms with Crippen LogP contribution in [0.15, 0.2) is 48.5 Å². The van der Waals surface area contributed by atoms with E-state index < -0.39 is 5.41 Å². The third-order valence-electron chi connectivity index (χ3n) is 4.81. The summed E-state index contributed by atoms with van der Waals surface area (Å²) < 4.78 is 0. The summed E-state index contributed by atoms with van der Waals surface area (Å²) in [6.07, 6.45) is 0.836. The van der Waals surface area contributed by atoms with E-state index >= 15 is 0 Å². The number of anilines is 1. The topological polar surface area (TPSA) is 49.4 Å². The number of hydrogen-bond donors (Lipinski definition) is 1. The summed E-state index contributed by atoms with van der Waals surface area (Å²) in [5.41, 5.74) is 3.17. The average Bonchev–Trinajstić information content (AvgIpc) is 3.04. The Labute approximate surface area is 148 Å². The van der Waals surface area contributed by atoms with Gasteiger partial charge in [0.15, 0.2) is 0 Å². The molecule has 0 aliphatic carbocycles. The molecule has 0 unspecified atom stereocenters. The van der Waals surface area contributed by atoms with E-state index in [9.17, 15) is 9.59 Å². The summed E-state index contributed by atoms with van der Waals surface area (Å²) in [5, 5.41) is 2.90. The smallest absolute Gasteiger partial charge is 0.242 e. The van der Waals surface area contributed by atoms with Crippen molar-refractivity contribution in [3.63, 3.8) is 0 Å². The molecule has 0 spiro atoms. The second-order valence-corrected chi connectivity index (χ2v) is 7.13. The van der Waals surface area contributed by atoms with Gasteiger partial charge in [-0.25, -0.2) is 0 Å². The maximum atomic E-state index is 13.0. The minimum atomic E-state index is -1.11. The van der Waals surface area contributed by atoms with E-state index in [1.165, 1.54) is 5.56 Å². The lowest BCUT2D eigenvalue weighted by molar-refractivity contribution is -0.139. The van der Waals surface area contributed by atoms with Crippen LogP contribution in [-0.4, -0.2) is 18.4 Å². The monoisotopic (exact) mass is 336 g/mol. The van der Waals surface area contributed by atoms with Crippen molar-refractivity contribution < 1.29 is 9.59 Å². The number of benzene rings is 2. The predicted octanol–water partition coefficient (Wildman–Crippen LogP) is 3.23. The van der Waals surface area contributed by atoms with Gasteiger partial charge in [-0.2, -0.15) is 0 Å². The van der Waals surface area contributed by atoms with Crippen LogP contribution < -0.4 is 10.2 Å². The van der Waals surface area contributed by atoms with Gasteiger partial charge in [0.2, 0.25) is 11.8 Å². The molecule has 0 aromatic heterocycles. The van der Waals surface area contributed by atoms with Crippen molar-refractivity contribution in [2.75, 3.05) is 11.4 Å². The van der Waals surface area contributed by atoms with E-state index in [4.69, 9.17) is 0 Å². The van der Waals surface area contributed by atoms with Gasteiger partial charge in [0.25, 0.3) is 0 Å². The first-order valence-corrected chi connectivity index (χ1v) is 8.63. The molecule has 130 valence electrons. The number of rotatable bonds is 4. The molecule has 1 aliphatic heterocycles. The van der Waals surface area contributed by atoms with Crippen LogP contribution in [0.4, 0.5) is 5.69 Å². The van der Waals surface area contributed by atoms with Crippen LogP contribution >= 0.6 is 0 Å². The SMILES string of the molecule is Cc1ccc(CNC(=O)C(C)(C)C(=O)N2CCc3ccccc32)cc1. The van der Waals surface area contributed by atoms with E-state index in [-0.39, 0.29) is 11.8 Å². The number of amides is 2. The average molecular weight is 336 g/mol. The molecule has 0 bridgehead atoms. The van der Waals surface area contributed by atoms with Crippen LogP contribution in [0, 0.1) is 12.3 Å². The molecular weight excluding hydrogens is 312 g/mol. The maximum absolute atomic E-state index is 13.0. The Hall–Kier alpha value is -2.62. The number of hydrogen-bond acceptors (Lipinski definition) is 2. The van der Waals surface area contributed by atoms with Gasteiger partial charge in [0.1, 0.15) is 5.41 Å². The number of nitrogens with one attached hydrogen (secondary N) is 1. The Morgan fingerprint density at radius 1 is 1.08 bits per heavy atom. The quantitative estimate of drug-likeness (QED) is 0.872. The lowest BCUT2D eigenvalue weighted by Crippen LogP contribution is -2.49. The van der Waals surface area contributed by atoms with Crippen LogP contribution in [0.2, 0.25) is 0 Å². The Bertz CT molecular complexity index is 794. The molecule has 1 N–H and O–H groups in total. The van der Waals surface area contributed by atoms with Crippen molar-refractivity contribution in [2.45, 2.75) is 33.7 Å². The molecule has 2 aromatic rings. The third-order valence-corrected chi connectivity index (χ3v) is 4.81. The lowest BCUT2D eigenvalue weighted by atomic mass is 9.90. The van der Waals surface area contributed by atoms with Gasteiger partial charge in [-0.1, -0.05) is 48.0 Å². The molecular formula is C21H24N2O2. The highest BCUT2D eigenvalue weighted by atomic mass is 16.2. The lowest BCUT2D eigenvalue weighted by Gasteiger charge is -2.28. The van der Waals surface area contributed by atoms with Crippen LogP contribution in [0.25, 0.3) is 0 Å². The predicted molar refractivity (Wildman–Crippen MR) is 99.3 cm³/mol. The molecule has 1 heterocycles. The molecule has 4 nitrogen and oxygen atoms in total. The highest BCUT2D eigenvalue weighted by molar-refractivity contribution is 6.11. The van der Waals surface area contributed by atoms with E-state index in [1.54, 1.807) is 18.7 Å². The summed E-state index contributed by atoms with van der Waals surface area (Å²) in [6, 6.07) is 15.9. The second-order valence-electron chi connectivity index (χ2n) is 7.13. The van der Waals surface area contributed by atoms with Gasteiger partial charge in [0, 0.05) is 18.8 Å². The van der Waals surface area contributed by atoms with Crippen molar-refractivity contribution in [1.29, 1.82) is 0 Å². The number of fused-ring (bicyclic) bond motifs is 1. The first-order valence-electron chi connectivity index (χ1n) is 8.63. The van der Waals surface area contributed by atoms with Gasteiger partial charge in [-0.3, -0.25) is 9.59 Å². The molecule has 0 saturated heterocycles.